The Labute approximate surface area is 95.4 Å². The summed E-state index contributed by atoms with van der Waals surface area (Å²) in [7, 11) is 0. The standard InChI is InChI=1S/C12H8N2O3/c13-12-10(8-5-6-16-14-8)11(15)7-3-1-2-4-9(7)17-12/h1-6H,13H2. The molecule has 0 aliphatic carbocycles. The van der Waals surface area contributed by atoms with Crippen molar-refractivity contribution >= 4 is 16.9 Å². The molecule has 0 bridgehead atoms. The third-order valence-electron chi connectivity index (χ3n) is 2.52. The highest BCUT2D eigenvalue weighted by Crippen LogP contribution is 2.24. The zero-order chi connectivity index (χ0) is 11.8. The topological polar surface area (TPSA) is 82.3 Å². The van der Waals surface area contributed by atoms with Crippen molar-refractivity contribution in [1.82, 2.24) is 5.16 Å². The molecule has 2 N–H and O–H groups in total. The lowest BCUT2D eigenvalue weighted by molar-refractivity contribution is 0.422. The molecule has 1 aromatic carbocycles. The molecule has 5 nitrogen and oxygen atoms in total. The van der Waals surface area contributed by atoms with E-state index in [-0.39, 0.29) is 16.9 Å². The van der Waals surface area contributed by atoms with Gasteiger partial charge in [-0.05, 0) is 12.1 Å². The lowest BCUT2D eigenvalue weighted by Crippen LogP contribution is -2.08. The summed E-state index contributed by atoms with van der Waals surface area (Å²) in [6.07, 6.45) is 1.38. The van der Waals surface area contributed by atoms with Gasteiger partial charge in [-0.15, -0.1) is 0 Å². The number of nitrogens with zero attached hydrogens (tertiary/aromatic N) is 1. The first-order valence-electron chi connectivity index (χ1n) is 4.99. The summed E-state index contributed by atoms with van der Waals surface area (Å²) in [5.41, 5.74) is 6.59. The molecule has 2 aromatic heterocycles. The third kappa shape index (κ3) is 1.40. The number of fused-ring (bicyclic) bond motifs is 1. The molecule has 0 unspecified atom stereocenters. The molecule has 0 radical (unpaired) electrons. The maximum atomic E-state index is 12.2. The van der Waals surface area contributed by atoms with E-state index in [4.69, 9.17) is 14.7 Å². The molecular formula is C12H8N2O3. The van der Waals surface area contributed by atoms with Crippen molar-refractivity contribution in [3.63, 3.8) is 0 Å². The zero-order valence-electron chi connectivity index (χ0n) is 8.71. The van der Waals surface area contributed by atoms with Gasteiger partial charge in [0.15, 0.2) is 0 Å². The van der Waals surface area contributed by atoms with E-state index in [1.807, 2.05) is 0 Å². The molecule has 3 rings (SSSR count). The van der Waals surface area contributed by atoms with E-state index in [1.54, 1.807) is 30.3 Å². The number of hydrogen-bond acceptors (Lipinski definition) is 5. The van der Waals surface area contributed by atoms with Crippen LogP contribution in [0, 0.1) is 0 Å². The van der Waals surface area contributed by atoms with Crippen molar-refractivity contribution in [2.75, 3.05) is 5.73 Å². The molecule has 84 valence electrons. The molecule has 0 amide bonds. The summed E-state index contributed by atoms with van der Waals surface area (Å²) in [6, 6.07) is 8.49. The fourth-order valence-corrected chi connectivity index (χ4v) is 1.74. The average molecular weight is 228 g/mol. The zero-order valence-corrected chi connectivity index (χ0v) is 8.71. The van der Waals surface area contributed by atoms with Crippen LogP contribution >= 0.6 is 0 Å². The number of hydrogen-bond donors (Lipinski definition) is 1. The molecule has 2 heterocycles. The van der Waals surface area contributed by atoms with E-state index in [1.165, 1.54) is 6.26 Å². The van der Waals surface area contributed by atoms with Crippen LogP contribution in [0.5, 0.6) is 0 Å². The highest BCUT2D eigenvalue weighted by Gasteiger charge is 2.15. The minimum Gasteiger partial charge on any atom is -0.440 e. The molecule has 0 atom stereocenters. The number of para-hydroxylation sites is 1. The summed E-state index contributed by atoms with van der Waals surface area (Å²) in [5.74, 6) is 0.0441. The lowest BCUT2D eigenvalue weighted by Gasteiger charge is -2.02. The number of nitrogens with two attached hydrogens (primary N) is 1. The van der Waals surface area contributed by atoms with Crippen LogP contribution in [-0.2, 0) is 0 Å². The van der Waals surface area contributed by atoms with Gasteiger partial charge in [0.25, 0.3) is 0 Å². The van der Waals surface area contributed by atoms with Gasteiger partial charge in [0, 0.05) is 6.07 Å². The predicted molar refractivity (Wildman–Crippen MR) is 62.4 cm³/mol. The second-order valence-corrected chi connectivity index (χ2v) is 3.55. The normalized spacial score (nSPS) is 10.8. The number of anilines is 1. The van der Waals surface area contributed by atoms with E-state index in [9.17, 15) is 4.79 Å². The molecule has 0 aliphatic rings. The number of nitrogen functional groups attached to an aromatic ring is 1. The molecular weight excluding hydrogens is 220 g/mol. The van der Waals surface area contributed by atoms with Gasteiger partial charge in [0.1, 0.15) is 23.1 Å². The highest BCUT2D eigenvalue weighted by atomic mass is 16.5. The Kier molecular flexibility index (Phi) is 1.98. The highest BCUT2D eigenvalue weighted by molar-refractivity contribution is 5.84. The molecule has 17 heavy (non-hydrogen) atoms. The first kappa shape index (κ1) is 9.65. The molecule has 0 fully saturated rings. The smallest absolute Gasteiger partial charge is 0.204 e. The van der Waals surface area contributed by atoms with E-state index in [2.05, 4.69) is 5.16 Å². The summed E-state index contributed by atoms with van der Waals surface area (Å²) >= 11 is 0. The Morgan fingerprint density at radius 2 is 2.00 bits per heavy atom. The van der Waals surface area contributed by atoms with Gasteiger partial charge in [0.05, 0.1) is 5.39 Å². The minimum atomic E-state index is -0.210. The van der Waals surface area contributed by atoms with E-state index >= 15 is 0 Å². The van der Waals surface area contributed by atoms with Gasteiger partial charge in [-0.3, -0.25) is 4.79 Å². The number of rotatable bonds is 1. The summed E-state index contributed by atoms with van der Waals surface area (Å²) < 4.78 is 10.1. The predicted octanol–water partition coefficient (Wildman–Crippen LogP) is 2.03. The quantitative estimate of drug-likeness (QED) is 0.689. The number of benzene rings is 1. The minimum absolute atomic E-state index is 0.0441. The van der Waals surface area contributed by atoms with Crippen molar-refractivity contribution in [3.8, 4) is 11.3 Å². The van der Waals surface area contributed by atoms with E-state index in [0.717, 1.165) is 0 Å². The third-order valence-corrected chi connectivity index (χ3v) is 2.52. The van der Waals surface area contributed by atoms with Crippen LogP contribution in [0.3, 0.4) is 0 Å². The average Bonchev–Trinajstić information content (AvgIpc) is 2.83. The summed E-state index contributed by atoms with van der Waals surface area (Å²) in [4.78, 5) is 12.2. The Hall–Kier alpha value is -2.56. The monoisotopic (exact) mass is 228 g/mol. The first-order valence-corrected chi connectivity index (χ1v) is 4.99. The molecule has 0 saturated heterocycles. The van der Waals surface area contributed by atoms with Gasteiger partial charge < -0.3 is 14.7 Å². The Balaban J connectivity index is 2.44. The van der Waals surface area contributed by atoms with Crippen LogP contribution in [0.15, 0.2) is 50.3 Å². The Morgan fingerprint density at radius 1 is 1.18 bits per heavy atom. The van der Waals surface area contributed by atoms with Crippen LogP contribution < -0.4 is 11.2 Å². The van der Waals surface area contributed by atoms with Crippen molar-refractivity contribution in [2.24, 2.45) is 0 Å². The fraction of sp³-hybridized carbons (Fsp3) is 0. The molecule has 0 saturated carbocycles. The Bertz CT molecular complexity index is 729. The maximum absolute atomic E-state index is 12.2. The van der Waals surface area contributed by atoms with E-state index in [0.29, 0.717) is 16.7 Å². The van der Waals surface area contributed by atoms with Crippen LogP contribution in [0.1, 0.15) is 0 Å². The van der Waals surface area contributed by atoms with Crippen molar-refractivity contribution in [1.29, 1.82) is 0 Å². The second-order valence-electron chi connectivity index (χ2n) is 3.55. The van der Waals surface area contributed by atoms with Gasteiger partial charge in [-0.1, -0.05) is 17.3 Å². The SMILES string of the molecule is Nc1oc2ccccc2c(=O)c1-c1ccon1. The van der Waals surface area contributed by atoms with Crippen LogP contribution in [-0.4, -0.2) is 5.16 Å². The van der Waals surface area contributed by atoms with Crippen LogP contribution in [0.4, 0.5) is 5.88 Å². The molecule has 3 aromatic rings. The van der Waals surface area contributed by atoms with E-state index < -0.39 is 0 Å². The first-order chi connectivity index (χ1) is 8.27. The molecule has 5 heteroatoms. The fourth-order valence-electron chi connectivity index (χ4n) is 1.74. The van der Waals surface area contributed by atoms with Crippen molar-refractivity contribution in [2.45, 2.75) is 0 Å². The van der Waals surface area contributed by atoms with Gasteiger partial charge in [-0.25, -0.2) is 0 Å². The van der Waals surface area contributed by atoms with Crippen LogP contribution in [0.2, 0.25) is 0 Å². The second kappa shape index (κ2) is 3.48. The lowest BCUT2D eigenvalue weighted by atomic mass is 10.1. The van der Waals surface area contributed by atoms with Gasteiger partial charge >= 0.3 is 0 Å². The number of aromatic nitrogens is 1. The van der Waals surface area contributed by atoms with Crippen molar-refractivity contribution in [3.05, 3.63) is 46.8 Å². The summed E-state index contributed by atoms with van der Waals surface area (Å²) in [6.45, 7) is 0. The Morgan fingerprint density at radius 3 is 2.76 bits per heavy atom. The van der Waals surface area contributed by atoms with Gasteiger partial charge in [0.2, 0.25) is 11.3 Å². The van der Waals surface area contributed by atoms with Crippen molar-refractivity contribution < 1.29 is 8.94 Å². The molecule has 0 aliphatic heterocycles. The maximum Gasteiger partial charge on any atom is 0.204 e. The summed E-state index contributed by atoms with van der Waals surface area (Å²) in [5, 5.41) is 4.17. The van der Waals surface area contributed by atoms with Crippen LogP contribution in [0.25, 0.3) is 22.2 Å². The largest absolute Gasteiger partial charge is 0.440 e. The molecule has 0 spiro atoms. The van der Waals surface area contributed by atoms with Gasteiger partial charge in [-0.2, -0.15) is 0 Å².